The Balaban J connectivity index is 1.40. The molecule has 4 rings (SSSR count). The Morgan fingerprint density at radius 3 is 1.98 bits per heavy atom. The average Bonchev–Trinajstić information content (AvgIpc) is 1.87. The fourth-order valence-electron chi connectivity index (χ4n) is 11.5. The molecule has 2 saturated heterocycles. The van der Waals surface area contributed by atoms with E-state index in [4.69, 9.17) is 19.3 Å². The summed E-state index contributed by atoms with van der Waals surface area (Å²) in [5, 5.41) is 25.1. The minimum absolute atomic E-state index is 0.000759. The molecule has 3 heterocycles. The maximum Gasteiger partial charge on any atom is 0.317 e. The molecule has 2 unspecified atom stereocenters. The van der Waals surface area contributed by atoms with Crippen molar-refractivity contribution < 1.29 is 67.3 Å². The quantitative estimate of drug-likeness (QED) is 0.0295. The normalized spacial score (nSPS) is 21.7. The molecule has 470 valence electrons. The molecule has 0 saturated carbocycles. The Morgan fingerprint density at radius 1 is 0.810 bits per heavy atom. The molecule has 25 heteroatoms. The second kappa shape index (κ2) is 31.9. The zero-order valence-corrected chi connectivity index (χ0v) is 52.7. The third-order valence-electron chi connectivity index (χ3n) is 16.4. The van der Waals surface area contributed by atoms with Crippen molar-refractivity contribution in [1.82, 2.24) is 51.5 Å². The summed E-state index contributed by atoms with van der Waals surface area (Å²) in [6, 6.07) is 3.67. The van der Waals surface area contributed by atoms with E-state index in [-0.39, 0.29) is 67.0 Å². The number of rotatable bonds is 34. The number of carboxylic acid groups (broad SMARTS) is 1. The van der Waals surface area contributed by atoms with Crippen LogP contribution in [0.3, 0.4) is 0 Å². The molecule has 24 nitrogen and oxygen atoms in total. The number of methoxy groups -OCH3 is 2. The Morgan fingerprint density at radius 2 is 1.44 bits per heavy atom. The van der Waals surface area contributed by atoms with Gasteiger partial charge in [0.05, 0.1) is 55.3 Å². The Hall–Kier alpha value is -5.99. The number of nitrogens with one attached hydrogen (secondary N) is 6. The van der Waals surface area contributed by atoms with Crippen LogP contribution in [-0.4, -0.2) is 210 Å². The molecule has 0 spiro atoms. The van der Waals surface area contributed by atoms with Crippen LogP contribution in [0.1, 0.15) is 114 Å². The van der Waals surface area contributed by atoms with Crippen LogP contribution >= 0.6 is 11.8 Å². The van der Waals surface area contributed by atoms with E-state index >= 15 is 0 Å². The van der Waals surface area contributed by atoms with Gasteiger partial charge in [0.2, 0.25) is 41.4 Å². The van der Waals surface area contributed by atoms with Gasteiger partial charge in [0.15, 0.2) is 0 Å². The molecule has 84 heavy (non-hydrogen) atoms. The van der Waals surface area contributed by atoms with Gasteiger partial charge in [0.1, 0.15) is 41.1 Å². The van der Waals surface area contributed by atoms with Gasteiger partial charge in [-0.25, -0.2) is 0 Å². The third kappa shape index (κ3) is 17.6. The van der Waals surface area contributed by atoms with Gasteiger partial charge in [-0.1, -0.05) is 99.1 Å². The van der Waals surface area contributed by atoms with Crippen LogP contribution in [0.2, 0.25) is 0 Å². The SMILES string of the molecule is CC[C@H](C)[C@@H]([C@@H](CC(=O)N1CCC[C@H]1[C@H](OC)[C@@H](C)C(=O)N[C@H](C)[C@@H](OCNC(=O)[C@H](C)NC(=O)[C@@]1(C(C)C)SC1NC(=O)C(CNCC(=O)O)N1C(=O)C=CC1=O)c1ccccc1)OC)N(C)C(=O)[C@@H](NC(=O)[C@H](C(C)C)N(C)C)C(C)C. The maximum absolute atomic E-state index is 14.5. The number of hydrogen-bond acceptors (Lipinski definition) is 16. The smallest absolute Gasteiger partial charge is 0.317 e. The number of nitrogens with zero attached hydrogens (tertiary/aromatic N) is 4. The largest absolute Gasteiger partial charge is 0.480 e. The molecule has 3 aliphatic heterocycles. The Bertz CT molecular complexity index is 2480. The van der Waals surface area contributed by atoms with E-state index < -0.39 is 119 Å². The first kappa shape index (κ1) is 70.5. The van der Waals surface area contributed by atoms with Crippen LogP contribution in [0.5, 0.6) is 0 Å². The lowest BCUT2D eigenvalue weighted by Crippen LogP contribution is -2.59. The van der Waals surface area contributed by atoms with Crippen molar-refractivity contribution in [2.75, 3.05) is 61.7 Å². The average molecular weight is 1200 g/mol. The molecule has 9 amide bonds. The summed E-state index contributed by atoms with van der Waals surface area (Å²) in [7, 11) is 8.41. The number of carbonyl (C=O) groups is 10. The van der Waals surface area contributed by atoms with Gasteiger partial charge in [-0.05, 0) is 70.0 Å². The number of carboxylic acids is 1. The van der Waals surface area contributed by atoms with Crippen molar-refractivity contribution in [3.05, 3.63) is 48.0 Å². The van der Waals surface area contributed by atoms with Crippen molar-refractivity contribution in [3.8, 4) is 0 Å². The number of ether oxygens (including phenoxy) is 3. The highest BCUT2D eigenvalue weighted by Gasteiger charge is 2.65. The lowest BCUT2D eigenvalue weighted by Gasteiger charge is -2.41. The Kier molecular flexibility index (Phi) is 26.8. The molecule has 0 bridgehead atoms. The number of aliphatic carboxylic acids is 1. The van der Waals surface area contributed by atoms with Crippen LogP contribution < -0.4 is 31.9 Å². The molecule has 1 aromatic carbocycles. The van der Waals surface area contributed by atoms with Gasteiger partial charge >= 0.3 is 5.97 Å². The molecule has 2 fully saturated rings. The fourth-order valence-corrected chi connectivity index (χ4v) is 12.9. The van der Waals surface area contributed by atoms with Crippen molar-refractivity contribution in [1.29, 1.82) is 0 Å². The van der Waals surface area contributed by atoms with E-state index in [1.807, 2.05) is 90.9 Å². The number of likely N-dealkylation sites (tertiary alicyclic amines) is 1. The lowest BCUT2D eigenvalue weighted by molar-refractivity contribution is -0.148. The minimum Gasteiger partial charge on any atom is -0.480 e. The van der Waals surface area contributed by atoms with Gasteiger partial charge in [0.25, 0.3) is 11.8 Å². The predicted molar refractivity (Wildman–Crippen MR) is 316 cm³/mol. The number of imide groups is 1. The van der Waals surface area contributed by atoms with Gasteiger partial charge in [-0.15, -0.1) is 11.8 Å². The first-order chi connectivity index (χ1) is 39.5. The van der Waals surface area contributed by atoms with E-state index in [9.17, 15) is 47.9 Å². The molecule has 7 N–H and O–H groups in total. The van der Waals surface area contributed by atoms with Crippen LogP contribution in [0.15, 0.2) is 42.5 Å². The first-order valence-electron chi connectivity index (χ1n) is 29.1. The molecule has 0 radical (unpaired) electrons. The molecule has 1 aromatic rings. The first-order valence-corrected chi connectivity index (χ1v) is 30.0. The molecule has 0 aliphatic carbocycles. The molecule has 0 aromatic heterocycles. The van der Waals surface area contributed by atoms with Crippen molar-refractivity contribution in [2.24, 2.45) is 29.6 Å². The zero-order valence-electron chi connectivity index (χ0n) is 51.9. The van der Waals surface area contributed by atoms with E-state index in [1.165, 1.54) is 21.1 Å². The van der Waals surface area contributed by atoms with Gasteiger partial charge in [0, 0.05) is 46.5 Å². The molecular formula is C59H94N10O14S. The number of thioether (sulfide) groups is 1. The van der Waals surface area contributed by atoms with Crippen LogP contribution in [-0.2, 0) is 62.2 Å². The van der Waals surface area contributed by atoms with Gasteiger partial charge in [-0.3, -0.25) is 57.7 Å². The topological polar surface area (TPSA) is 304 Å². The summed E-state index contributed by atoms with van der Waals surface area (Å²) in [6.07, 6.45) is 1.67. The summed E-state index contributed by atoms with van der Waals surface area (Å²) in [6.45, 7) is 19.5. The molecule has 14 atom stereocenters. The van der Waals surface area contributed by atoms with E-state index in [0.29, 0.717) is 36.3 Å². The summed E-state index contributed by atoms with van der Waals surface area (Å²) < 4.78 is 17.2. The second-order valence-electron chi connectivity index (χ2n) is 23.5. The molecule has 3 aliphatic rings. The van der Waals surface area contributed by atoms with E-state index in [0.717, 1.165) is 23.9 Å². The predicted octanol–water partition coefficient (Wildman–Crippen LogP) is 2.03. The van der Waals surface area contributed by atoms with E-state index in [2.05, 4.69) is 31.9 Å². The van der Waals surface area contributed by atoms with Crippen molar-refractivity contribution in [2.45, 2.75) is 173 Å². The number of amides is 9. The highest BCUT2D eigenvalue weighted by Crippen LogP contribution is 2.57. The summed E-state index contributed by atoms with van der Waals surface area (Å²) in [5.74, 6) is -7.20. The lowest BCUT2D eigenvalue weighted by atomic mass is 9.89. The van der Waals surface area contributed by atoms with Crippen molar-refractivity contribution >= 4 is 70.9 Å². The summed E-state index contributed by atoms with van der Waals surface area (Å²) >= 11 is 1.12. The molecular weight excluding hydrogens is 1100 g/mol. The number of hydrogen-bond donors (Lipinski definition) is 7. The monoisotopic (exact) mass is 1200 g/mol. The van der Waals surface area contributed by atoms with Crippen LogP contribution in [0, 0.1) is 29.6 Å². The summed E-state index contributed by atoms with van der Waals surface area (Å²) in [5.41, 5.74) is 0.695. The highest BCUT2D eigenvalue weighted by atomic mass is 32.2. The number of benzene rings is 1. The Labute approximate surface area is 499 Å². The standard InChI is InChI=1S/C59H94N10O14S/c1-17-35(8)49(67(14)56(79)47(32(2)3)64-55(78)48(33(4)5)66(12)13)42(81-15)28-45(72)68-27-21-24-40(68)50(82-16)36(9)52(75)62-37(10)51(39-22-19-18-20-23-39)83-31-61-53(76)38(11)63-57(80)59(34(6)7)58(84-59)65-54(77)41(29-60-30-46(73)74)69-43(70)25-26-44(69)71/h18-20,22-23,25-26,32-38,40-42,47-51,58,60H,17,21,24,27-31H2,1-16H3,(H,61,76)(H,62,75)(H,63,80)(H,64,78)(H,65,77)(H,73,74)/t35-,36+,37+,38-,40-,41?,42+,47-,48-,49-,50+,51+,58?,59+/m0/s1. The second-order valence-corrected chi connectivity index (χ2v) is 24.9. The number of carbonyl (C=O) groups excluding carboxylic acids is 9. The van der Waals surface area contributed by atoms with Crippen LogP contribution in [0.25, 0.3) is 0 Å². The van der Waals surface area contributed by atoms with Crippen LogP contribution in [0.4, 0.5) is 0 Å². The van der Waals surface area contributed by atoms with Gasteiger partial charge in [-0.2, -0.15) is 0 Å². The third-order valence-corrected chi connectivity index (χ3v) is 18.1. The minimum atomic E-state index is -1.41. The highest BCUT2D eigenvalue weighted by molar-refractivity contribution is 8.09. The fraction of sp³-hybridized carbons (Fsp3) is 0.695. The zero-order chi connectivity index (χ0) is 63.1. The van der Waals surface area contributed by atoms with Crippen molar-refractivity contribution in [3.63, 3.8) is 0 Å². The maximum atomic E-state index is 14.5. The van der Waals surface area contributed by atoms with Gasteiger partial charge < -0.3 is 61.0 Å². The van der Waals surface area contributed by atoms with E-state index in [1.54, 1.807) is 44.5 Å². The number of likely N-dealkylation sites (N-methyl/N-ethyl adjacent to an activating group) is 2. The summed E-state index contributed by atoms with van der Waals surface area (Å²) in [4.78, 5) is 140.